The zero-order valence-electron chi connectivity index (χ0n) is 18.9. The number of allylic oxidation sites excluding steroid dienone is 8. The van der Waals surface area contributed by atoms with Crippen LogP contribution in [0.4, 0.5) is 5.69 Å². The summed E-state index contributed by atoms with van der Waals surface area (Å²) in [5.74, 6) is 0. The molecule has 2 aromatic rings. The Balaban J connectivity index is 2.20. The zero-order chi connectivity index (χ0) is 27.4. The van der Waals surface area contributed by atoms with Gasteiger partial charge in [-0.05, 0) is 40.5 Å². The van der Waals surface area contributed by atoms with E-state index in [0.29, 0.717) is 0 Å². The number of pyridine rings is 2. The van der Waals surface area contributed by atoms with Gasteiger partial charge in [-0.25, -0.2) is 29.9 Å². The van der Waals surface area contributed by atoms with Crippen molar-refractivity contribution in [2.75, 3.05) is 0 Å². The van der Waals surface area contributed by atoms with Gasteiger partial charge >= 0.3 is 0 Å². The minimum Gasteiger partial charge on any atom is -0.269 e. The van der Waals surface area contributed by atoms with Crippen molar-refractivity contribution in [2.24, 2.45) is 0 Å². The SMILES string of the molecule is [C-]#[N+]C1=C(c2ccc([N+]#[C-])cn2)/C(=C(/C#N)[N+]#[C-])C2=C1/C(=C(/C#N)[N+]#[C-])C(c1ccc(C#N)cn1)=C2C#N. The fourth-order valence-electron chi connectivity index (χ4n) is 4.16. The second-order valence-electron chi connectivity index (χ2n) is 7.40. The van der Waals surface area contributed by atoms with E-state index in [1.807, 2.05) is 24.3 Å². The molecule has 2 aromatic heterocycles. The Morgan fingerprint density at radius 3 is 1.71 bits per heavy atom. The Bertz CT molecular complexity index is 1780. The number of nitriles is 4. The van der Waals surface area contributed by atoms with E-state index in [-0.39, 0.29) is 67.3 Å². The summed E-state index contributed by atoms with van der Waals surface area (Å²) < 4.78 is 0. The largest absolute Gasteiger partial charge is 0.269 e. The van der Waals surface area contributed by atoms with Crippen LogP contribution in [0, 0.1) is 71.6 Å². The van der Waals surface area contributed by atoms with Gasteiger partial charge in [-0.3, -0.25) is 9.97 Å². The minimum atomic E-state index is -0.428. The quantitative estimate of drug-likeness (QED) is 0.425. The van der Waals surface area contributed by atoms with Crippen molar-refractivity contribution in [3.63, 3.8) is 0 Å². The average Bonchev–Trinajstić information content (AvgIpc) is 3.47. The lowest BCUT2D eigenvalue weighted by Crippen LogP contribution is -2.01. The minimum absolute atomic E-state index is 0.0356. The van der Waals surface area contributed by atoms with E-state index in [0.717, 1.165) is 0 Å². The molecule has 168 valence electrons. The molecular weight excluding hydrogens is 476 g/mol. The predicted molar refractivity (Wildman–Crippen MR) is 131 cm³/mol. The molecule has 10 nitrogen and oxygen atoms in total. The Labute approximate surface area is 216 Å². The molecule has 0 N–H and O–H groups in total. The van der Waals surface area contributed by atoms with E-state index in [2.05, 4.69) is 29.3 Å². The first kappa shape index (κ1) is 24.1. The molecule has 38 heavy (non-hydrogen) atoms. The van der Waals surface area contributed by atoms with Crippen molar-refractivity contribution in [1.82, 2.24) is 9.97 Å². The lowest BCUT2D eigenvalue weighted by atomic mass is 9.90. The van der Waals surface area contributed by atoms with Gasteiger partial charge in [0.2, 0.25) is 11.4 Å². The first-order chi connectivity index (χ1) is 18.5. The Hall–Kier alpha value is -7.08. The van der Waals surface area contributed by atoms with Gasteiger partial charge in [0, 0.05) is 23.5 Å². The van der Waals surface area contributed by atoms with Gasteiger partial charge in [-0.2, -0.15) is 10.5 Å². The van der Waals surface area contributed by atoms with Crippen LogP contribution in [0.1, 0.15) is 17.0 Å². The summed E-state index contributed by atoms with van der Waals surface area (Å²) in [4.78, 5) is 22.1. The van der Waals surface area contributed by atoms with Gasteiger partial charge in [0.05, 0.1) is 61.0 Å². The van der Waals surface area contributed by atoms with Crippen LogP contribution in [-0.2, 0) is 0 Å². The van der Waals surface area contributed by atoms with Crippen LogP contribution >= 0.6 is 0 Å². The van der Waals surface area contributed by atoms with E-state index in [9.17, 15) is 15.8 Å². The highest BCUT2D eigenvalue weighted by Gasteiger charge is 2.44. The van der Waals surface area contributed by atoms with Crippen LogP contribution in [0.5, 0.6) is 0 Å². The van der Waals surface area contributed by atoms with Crippen LogP contribution < -0.4 is 0 Å². The van der Waals surface area contributed by atoms with E-state index >= 15 is 0 Å². The van der Waals surface area contributed by atoms with E-state index in [1.54, 1.807) is 0 Å². The first-order valence-electron chi connectivity index (χ1n) is 10.3. The molecule has 10 heteroatoms. The molecule has 2 aliphatic carbocycles. The Morgan fingerprint density at radius 2 is 1.26 bits per heavy atom. The zero-order valence-corrected chi connectivity index (χ0v) is 18.9. The molecule has 4 rings (SSSR count). The lowest BCUT2D eigenvalue weighted by Gasteiger charge is -2.14. The third-order valence-corrected chi connectivity index (χ3v) is 5.64. The number of hydrogen-bond acceptors (Lipinski definition) is 6. The fraction of sp³-hybridized carbons (Fsp3) is 0. The van der Waals surface area contributed by atoms with E-state index in [4.69, 9.17) is 31.6 Å². The normalized spacial score (nSPS) is 16.0. The molecule has 0 fully saturated rings. The Morgan fingerprint density at radius 1 is 0.658 bits per heavy atom. The fourth-order valence-corrected chi connectivity index (χ4v) is 4.16. The number of hydrogen-bond donors (Lipinski definition) is 0. The van der Waals surface area contributed by atoms with E-state index in [1.165, 1.54) is 36.7 Å². The molecule has 0 saturated heterocycles. The van der Waals surface area contributed by atoms with Crippen LogP contribution in [0.25, 0.3) is 30.5 Å². The molecule has 0 bridgehead atoms. The van der Waals surface area contributed by atoms with Gasteiger partial charge in [-0.1, -0.05) is 6.07 Å². The predicted octanol–water partition coefficient (Wildman–Crippen LogP) is 5.22. The van der Waals surface area contributed by atoms with Gasteiger partial charge < -0.3 is 0 Å². The molecule has 0 atom stereocenters. The average molecular weight is 482 g/mol. The molecular formula is C28H6N10. The maximum Gasteiger partial charge on any atom is 0.269 e. The maximum atomic E-state index is 10.3. The molecule has 0 amide bonds. The summed E-state index contributed by atoms with van der Waals surface area (Å²) in [6.45, 7) is 30.4. The topological polar surface area (TPSA) is 138 Å². The highest BCUT2D eigenvalue weighted by Crippen LogP contribution is 2.57. The summed E-state index contributed by atoms with van der Waals surface area (Å²) in [5, 5.41) is 39.1. The van der Waals surface area contributed by atoms with Crippen LogP contribution in [0.2, 0.25) is 0 Å². The first-order valence-corrected chi connectivity index (χ1v) is 10.3. The number of nitrogens with zero attached hydrogens (tertiary/aromatic N) is 10. The summed E-state index contributed by atoms with van der Waals surface area (Å²) in [6.07, 6.45) is 2.53. The third kappa shape index (κ3) is 3.44. The number of aromatic nitrogens is 2. The van der Waals surface area contributed by atoms with Crippen LogP contribution in [-0.4, -0.2) is 9.97 Å². The molecule has 0 radical (unpaired) electrons. The Kier molecular flexibility index (Phi) is 6.11. The van der Waals surface area contributed by atoms with Crippen molar-refractivity contribution in [3.8, 4) is 24.3 Å². The summed E-state index contributed by atoms with van der Waals surface area (Å²) in [6, 6.07) is 13.4. The highest BCUT2D eigenvalue weighted by molar-refractivity contribution is 6.09. The van der Waals surface area contributed by atoms with E-state index < -0.39 is 11.4 Å². The molecule has 0 aliphatic heterocycles. The second kappa shape index (κ2) is 9.65. The molecule has 0 unspecified atom stereocenters. The molecule has 0 saturated carbocycles. The number of rotatable bonds is 2. The molecule has 2 aliphatic rings. The van der Waals surface area contributed by atoms with Crippen molar-refractivity contribution in [3.05, 3.63) is 144 Å². The summed E-state index contributed by atoms with van der Waals surface area (Å²) >= 11 is 0. The van der Waals surface area contributed by atoms with Crippen molar-refractivity contribution >= 4 is 16.8 Å². The van der Waals surface area contributed by atoms with Gasteiger partial charge in [0.1, 0.15) is 12.1 Å². The molecule has 2 heterocycles. The van der Waals surface area contributed by atoms with Gasteiger partial charge in [0.15, 0.2) is 0 Å². The standard InChI is InChI=1S/C28H6N10/c1-33-16-6-8-19(38-14-16)26-25(21(12-32)35-3)23-17(10-30)22(18-7-5-15(9-29)13-37-18)24(20(11-31)34-2)27(23)28(26)36-4/h5-8,13-14H/b24-20-,25-21-. The summed E-state index contributed by atoms with van der Waals surface area (Å²) in [5.41, 5.74) is -0.105. The van der Waals surface area contributed by atoms with Gasteiger partial charge in [-0.15, -0.1) is 0 Å². The van der Waals surface area contributed by atoms with Gasteiger partial charge in [0.25, 0.3) is 11.4 Å². The highest BCUT2D eigenvalue weighted by atomic mass is 14.8. The van der Waals surface area contributed by atoms with Crippen LogP contribution in [0.3, 0.4) is 0 Å². The second-order valence-corrected chi connectivity index (χ2v) is 7.40. The molecule has 0 aromatic carbocycles. The lowest BCUT2D eigenvalue weighted by molar-refractivity contribution is 1.24. The monoisotopic (exact) mass is 482 g/mol. The third-order valence-electron chi connectivity index (χ3n) is 5.64. The molecule has 0 spiro atoms. The summed E-state index contributed by atoms with van der Waals surface area (Å²) in [7, 11) is 0. The van der Waals surface area contributed by atoms with Crippen LogP contribution in [0.15, 0.2) is 81.6 Å². The smallest absolute Gasteiger partial charge is 0.269 e. The van der Waals surface area contributed by atoms with Crippen molar-refractivity contribution in [2.45, 2.75) is 0 Å². The maximum absolute atomic E-state index is 10.3. The van der Waals surface area contributed by atoms with Crippen molar-refractivity contribution in [1.29, 1.82) is 21.0 Å². The van der Waals surface area contributed by atoms with Crippen molar-refractivity contribution < 1.29 is 0 Å².